The first-order valence-corrected chi connectivity index (χ1v) is 7.54. The Morgan fingerprint density at radius 1 is 1.16 bits per heavy atom. The number of ketones is 1. The van der Waals surface area contributed by atoms with Crippen LogP contribution in [0.3, 0.4) is 0 Å². The molecule has 0 unspecified atom stereocenters. The van der Waals surface area contributed by atoms with E-state index >= 15 is 0 Å². The molecule has 25 heavy (non-hydrogen) atoms. The van der Waals surface area contributed by atoms with Crippen LogP contribution in [0.15, 0.2) is 48.5 Å². The largest absolute Gasteiger partial charge is 0.482 e. The monoisotopic (exact) mass is 343 g/mol. The standard InChI is InChI=1S/C18H17NO6/c1-12(20)14-5-4-8-17(10-14)24-11-18(21)25-13(2)15-6-3-7-16(9-15)19(22)23/h3-10,13H,11H2,1-2H3/t13-/m1/s1. The van der Waals surface area contributed by atoms with Gasteiger partial charge in [-0.05, 0) is 31.5 Å². The van der Waals surface area contributed by atoms with Crippen LogP contribution in [0.4, 0.5) is 5.69 Å². The van der Waals surface area contributed by atoms with E-state index in [0.717, 1.165) is 0 Å². The number of non-ortho nitro benzene ring substituents is 1. The molecule has 0 fully saturated rings. The molecule has 2 aromatic rings. The van der Waals surface area contributed by atoms with Gasteiger partial charge in [0, 0.05) is 17.7 Å². The predicted octanol–water partition coefficient (Wildman–Crippen LogP) is 3.48. The fourth-order valence-corrected chi connectivity index (χ4v) is 2.14. The van der Waals surface area contributed by atoms with Gasteiger partial charge in [-0.2, -0.15) is 0 Å². The summed E-state index contributed by atoms with van der Waals surface area (Å²) in [4.78, 5) is 33.5. The summed E-state index contributed by atoms with van der Waals surface area (Å²) < 4.78 is 10.5. The van der Waals surface area contributed by atoms with Gasteiger partial charge in [0.05, 0.1) is 4.92 Å². The van der Waals surface area contributed by atoms with Crippen LogP contribution in [0.5, 0.6) is 5.75 Å². The molecule has 0 aliphatic rings. The molecule has 2 rings (SSSR count). The lowest BCUT2D eigenvalue weighted by atomic mass is 10.1. The highest BCUT2D eigenvalue weighted by Gasteiger charge is 2.15. The van der Waals surface area contributed by atoms with Crippen molar-refractivity contribution >= 4 is 17.4 Å². The minimum Gasteiger partial charge on any atom is -0.482 e. The molecule has 1 atom stereocenters. The van der Waals surface area contributed by atoms with E-state index in [0.29, 0.717) is 16.9 Å². The quantitative estimate of drug-likeness (QED) is 0.330. The summed E-state index contributed by atoms with van der Waals surface area (Å²) in [6, 6.07) is 12.4. The number of carbonyl (C=O) groups excluding carboxylic acids is 2. The van der Waals surface area contributed by atoms with Crippen LogP contribution in [-0.2, 0) is 9.53 Å². The molecule has 0 heterocycles. The number of Topliss-reactive ketones (excluding diaryl/α,β-unsaturated/α-hetero) is 1. The summed E-state index contributed by atoms with van der Waals surface area (Å²) in [6.45, 7) is 2.72. The Hall–Kier alpha value is -3.22. The number of hydrogen-bond acceptors (Lipinski definition) is 6. The molecule has 7 nitrogen and oxygen atoms in total. The van der Waals surface area contributed by atoms with E-state index in [-0.39, 0.29) is 18.1 Å². The van der Waals surface area contributed by atoms with Gasteiger partial charge in [-0.1, -0.05) is 24.3 Å². The highest BCUT2D eigenvalue weighted by atomic mass is 16.6. The number of nitro benzene ring substituents is 1. The summed E-state index contributed by atoms with van der Waals surface area (Å²) in [6.07, 6.45) is -0.653. The highest BCUT2D eigenvalue weighted by molar-refractivity contribution is 5.94. The molecule has 2 aromatic carbocycles. The van der Waals surface area contributed by atoms with Crippen molar-refractivity contribution in [2.24, 2.45) is 0 Å². The van der Waals surface area contributed by atoms with Crippen LogP contribution in [0, 0.1) is 10.1 Å². The Labute approximate surface area is 144 Å². The zero-order valence-electron chi connectivity index (χ0n) is 13.8. The van der Waals surface area contributed by atoms with E-state index < -0.39 is 17.0 Å². The molecule has 0 spiro atoms. The van der Waals surface area contributed by atoms with Crippen molar-refractivity contribution in [3.05, 3.63) is 69.8 Å². The lowest BCUT2D eigenvalue weighted by molar-refractivity contribution is -0.385. The first-order chi connectivity index (χ1) is 11.9. The average molecular weight is 343 g/mol. The molecule has 0 saturated carbocycles. The van der Waals surface area contributed by atoms with Crippen LogP contribution < -0.4 is 4.74 Å². The van der Waals surface area contributed by atoms with Crippen molar-refractivity contribution in [2.45, 2.75) is 20.0 Å². The van der Waals surface area contributed by atoms with Crippen molar-refractivity contribution in [3.8, 4) is 5.75 Å². The summed E-state index contributed by atoms with van der Waals surface area (Å²) >= 11 is 0. The van der Waals surface area contributed by atoms with Crippen molar-refractivity contribution in [2.75, 3.05) is 6.61 Å². The SMILES string of the molecule is CC(=O)c1cccc(OCC(=O)O[C@H](C)c2cccc([N+](=O)[O-])c2)c1. The van der Waals surface area contributed by atoms with E-state index in [1.54, 1.807) is 37.3 Å². The summed E-state index contributed by atoms with van der Waals surface area (Å²) in [5.41, 5.74) is 0.926. The number of rotatable bonds is 7. The third kappa shape index (κ3) is 5.13. The molecular weight excluding hydrogens is 326 g/mol. The van der Waals surface area contributed by atoms with E-state index in [1.807, 2.05) is 0 Å². The Kier molecular flexibility index (Phi) is 5.84. The maximum atomic E-state index is 11.9. The van der Waals surface area contributed by atoms with Gasteiger partial charge in [0.25, 0.3) is 5.69 Å². The fourth-order valence-electron chi connectivity index (χ4n) is 2.14. The summed E-state index contributed by atoms with van der Waals surface area (Å²) in [5.74, 6) is -0.341. The van der Waals surface area contributed by atoms with Crippen LogP contribution in [0.2, 0.25) is 0 Å². The van der Waals surface area contributed by atoms with Gasteiger partial charge >= 0.3 is 5.97 Å². The molecule has 0 bridgehead atoms. The first kappa shape index (κ1) is 18.1. The van der Waals surface area contributed by atoms with Crippen LogP contribution in [0.25, 0.3) is 0 Å². The predicted molar refractivity (Wildman–Crippen MR) is 89.5 cm³/mol. The minimum absolute atomic E-state index is 0.0716. The van der Waals surface area contributed by atoms with Crippen LogP contribution in [0.1, 0.15) is 35.9 Å². The van der Waals surface area contributed by atoms with Gasteiger partial charge in [0.1, 0.15) is 11.9 Å². The van der Waals surface area contributed by atoms with Gasteiger partial charge < -0.3 is 9.47 Å². The Morgan fingerprint density at radius 3 is 2.56 bits per heavy atom. The van der Waals surface area contributed by atoms with Crippen LogP contribution in [-0.4, -0.2) is 23.3 Å². The van der Waals surface area contributed by atoms with Crippen molar-refractivity contribution in [1.82, 2.24) is 0 Å². The number of carbonyl (C=O) groups is 2. The molecule has 0 amide bonds. The molecular formula is C18H17NO6. The molecule has 0 aliphatic carbocycles. The van der Waals surface area contributed by atoms with E-state index in [1.165, 1.54) is 25.1 Å². The lowest BCUT2D eigenvalue weighted by Gasteiger charge is -2.14. The number of ether oxygens (including phenoxy) is 2. The molecule has 0 N–H and O–H groups in total. The Morgan fingerprint density at radius 2 is 1.88 bits per heavy atom. The smallest absolute Gasteiger partial charge is 0.344 e. The first-order valence-electron chi connectivity index (χ1n) is 7.54. The number of esters is 1. The van der Waals surface area contributed by atoms with Gasteiger partial charge in [-0.25, -0.2) is 4.79 Å². The second-order valence-electron chi connectivity index (χ2n) is 5.36. The molecule has 7 heteroatoms. The molecule has 0 aromatic heterocycles. The summed E-state index contributed by atoms with van der Waals surface area (Å²) in [7, 11) is 0. The lowest BCUT2D eigenvalue weighted by Crippen LogP contribution is -2.17. The van der Waals surface area contributed by atoms with Gasteiger partial charge in [0.2, 0.25) is 0 Å². The van der Waals surface area contributed by atoms with Crippen molar-refractivity contribution in [1.29, 1.82) is 0 Å². The van der Waals surface area contributed by atoms with Gasteiger partial charge in [0.15, 0.2) is 12.4 Å². The van der Waals surface area contributed by atoms with Crippen LogP contribution >= 0.6 is 0 Å². The Bertz CT molecular complexity index is 802. The number of nitro groups is 1. The zero-order valence-corrected chi connectivity index (χ0v) is 13.8. The molecule has 0 saturated heterocycles. The van der Waals surface area contributed by atoms with E-state index in [4.69, 9.17) is 9.47 Å². The zero-order chi connectivity index (χ0) is 18.4. The third-order valence-corrected chi connectivity index (χ3v) is 3.46. The highest BCUT2D eigenvalue weighted by Crippen LogP contribution is 2.22. The van der Waals surface area contributed by atoms with E-state index in [9.17, 15) is 19.7 Å². The molecule has 130 valence electrons. The van der Waals surface area contributed by atoms with Crippen molar-refractivity contribution in [3.63, 3.8) is 0 Å². The number of hydrogen-bond donors (Lipinski definition) is 0. The normalized spacial score (nSPS) is 11.4. The fraction of sp³-hybridized carbons (Fsp3) is 0.222. The minimum atomic E-state index is -0.653. The average Bonchev–Trinajstić information content (AvgIpc) is 2.60. The molecule has 0 radical (unpaired) electrons. The summed E-state index contributed by atoms with van der Waals surface area (Å²) in [5, 5.41) is 10.8. The maximum absolute atomic E-state index is 11.9. The Balaban J connectivity index is 1.93. The van der Waals surface area contributed by atoms with Gasteiger partial charge in [-0.15, -0.1) is 0 Å². The number of nitrogens with zero attached hydrogens (tertiary/aromatic N) is 1. The van der Waals surface area contributed by atoms with Crippen molar-refractivity contribution < 1.29 is 24.0 Å². The molecule has 0 aliphatic heterocycles. The number of benzene rings is 2. The maximum Gasteiger partial charge on any atom is 0.344 e. The second-order valence-corrected chi connectivity index (χ2v) is 5.36. The van der Waals surface area contributed by atoms with Gasteiger partial charge in [-0.3, -0.25) is 14.9 Å². The second kappa shape index (κ2) is 8.05. The third-order valence-electron chi connectivity index (χ3n) is 3.46. The topological polar surface area (TPSA) is 95.7 Å². The van der Waals surface area contributed by atoms with E-state index in [2.05, 4.69) is 0 Å².